The van der Waals surface area contributed by atoms with Crippen LogP contribution in [-0.4, -0.2) is 14.0 Å². The molecule has 0 atom stereocenters. The molecule has 0 bridgehead atoms. The first kappa shape index (κ1) is 14.2. The zero-order chi connectivity index (χ0) is 14.5. The molecule has 0 radical (unpaired) electrons. The molecule has 0 saturated carbocycles. The van der Waals surface area contributed by atoms with Crippen LogP contribution < -0.4 is 4.74 Å². The second kappa shape index (κ2) is 6.29. The van der Waals surface area contributed by atoms with Gasteiger partial charge in [0, 0.05) is 24.9 Å². The van der Waals surface area contributed by atoms with Crippen molar-refractivity contribution in [3.8, 4) is 5.88 Å². The first-order valence-electron chi connectivity index (χ1n) is 6.02. The van der Waals surface area contributed by atoms with Gasteiger partial charge in [0.25, 0.3) is 0 Å². The summed E-state index contributed by atoms with van der Waals surface area (Å²) in [4.78, 5) is 0. The van der Waals surface area contributed by atoms with Gasteiger partial charge in [0.1, 0.15) is 6.61 Å². The lowest BCUT2D eigenvalue weighted by atomic mass is 10.0. The zero-order valence-corrected chi connectivity index (χ0v) is 12.2. The van der Waals surface area contributed by atoms with Gasteiger partial charge < -0.3 is 4.74 Å². The van der Waals surface area contributed by atoms with Crippen LogP contribution in [0.4, 0.5) is 5.69 Å². The van der Waals surface area contributed by atoms with Crippen LogP contribution in [-0.2, 0) is 25.1 Å². The molecule has 0 aliphatic rings. The SMILES string of the molecule is C=C(C)c1cccc(N=S=O)c1COc1ccn(C)n1. The third-order valence-electron chi connectivity index (χ3n) is 2.80. The van der Waals surface area contributed by atoms with Gasteiger partial charge >= 0.3 is 0 Å². The van der Waals surface area contributed by atoms with Gasteiger partial charge in [-0.25, -0.2) is 0 Å². The van der Waals surface area contributed by atoms with E-state index in [0.717, 1.165) is 16.7 Å². The highest BCUT2D eigenvalue weighted by Crippen LogP contribution is 2.28. The van der Waals surface area contributed by atoms with Gasteiger partial charge in [-0.1, -0.05) is 24.3 Å². The highest BCUT2D eigenvalue weighted by atomic mass is 32.1. The van der Waals surface area contributed by atoms with Crippen molar-refractivity contribution < 1.29 is 8.95 Å². The molecular weight excluding hydrogens is 274 g/mol. The van der Waals surface area contributed by atoms with Crippen LogP contribution in [0.3, 0.4) is 0 Å². The molecule has 1 heterocycles. The van der Waals surface area contributed by atoms with Gasteiger partial charge in [-0.2, -0.15) is 8.57 Å². The standard InChI is InChI=1S/C14H15N3O2S/c1-10(2)11-5-4-6-13(16-20-18)12(11)9-19-14-7-8-17(3)15-14/h4-8H,1,9H2,2-3H3. The Bertz CT molecular complexity index is 667. The van der Waals surface area contributed by atoms with Crippen molar-refractivity contribution in [3.05, 3.63) is 48.2 Å². The third kappa shape index (κ3) is 3.21. The quantitative estimate of drug-likeness (QED) is 0.850. The fourth-order valence-corrected chi connectivity index (χ4v) is 2.12. The molecule has 1 aromatic carbocycles. The zero-order valence-electron chi connectivity index (χ0n) is 11.4. The number of allylic oxidation sites excluding steroid dienone is 1. The summed E-state index contributed by atoms with van der Waals surface area (Å²) in [6.45, 7) is 6.15. The second-order valence-corrected chi connectivity index (χ2v) is 4.70. The van der Waals surface area contributed by atoms with Gasteiger partial charge in [0.2, 0.25) is 17.3 Å². The summed E-state index contributed by atoms with van der Waals surface area (Å²) in [5.74, 6) is 0.532. The van der Waals surface area contributed by atoms with Crippen LogP contribution >= 0.6 is 0 Å². The normalized spacial score (nSPS) is 10.1. The molecule has 2 aromatic rings. The summed E-state index contributed by atoms with van der Waals surface area (Å²) in [5, 5.41) is 4.15. The summed E-state index contributed by atoms with van der Waals surface area (Å²) < 4.78 is 21.9. The maximum Gasteiger partial charge on any atom is 0.233 e. The lowest BCUT2D eigenvalue weighted by Crippen LogP contribution is -2.00. The second-order valence-electron chi connectivity index (χ2n) is 4.37. The maximum absolute atomic E-state index is 10.7. The van der Waals surface area contributed by atoms with Gasteiger partial charge in [0.15, 0.2) is 0 Å². The molecule has 20 heavy (non-hydrogen) atoms. The summed E-state index contributed by atoms with van der Waals surface area (Å²) in [7, 11) is 1.82. The molecule has 0 aliphatic heterocycles. The van der Waals surface area contributed by atoms with E-state index in [1.54, 1.807) is 23.0 Å². The predicted octanol–water partition coefficient (Wildman–Crippen LogP) is 3.06. The Morgan fingerprint density at radius 2 is 2.30 bits per heavy atom. The lowest BCUT2D eigenvalue weighted by Gasteiger charge is -2.11. The number of aromatic nitrogens is 2. The summed E-state index contributed by atoms with van der Waals surface area (Å²) >= 11 is 0.185. The minimum Gasteiger partial charge on any atom is -0.472 e. The van der Waals surface area contributed by atoms with E-state index in [9.17, 15) is 4.21 Å². The number of hydrogen-bond acceptors (Lipinski definition) is 4. The number of benzene rings is 1. The predicted molar refractivity (Wildman–Crippen MR) is 78.9 cm³/mol. The van der Waals surface area contributed by atoms with Gasteiger partial charge in [0.05, 0.1) is 5.69 Å². The lowest BCUT2D eigenvalue weighted by molar-refractivity contribution is 0.291. The molecule has 6 heteroatoms. The molecule has 0 saturated heterocycles. The fraction of sp³-hybridized carbons (Fsp3) is 0.214. The molecule has 0 aliphatic carbocycles. The molecule has 0 fully saturated rings. The van der Waals surface area contributed by atoms with E-state index in [1.165, 1.54) is 0 Å². The van der Waals surface area contributed by atoms with Crippen LogP contribution in [0.5, 0.6) is 5.88 Å². The first-order valence-corrected chi connectivity index (χ1v) is 6.72. The van der Waals surface area contributed by atoms with Crippen LogP contribution in [0.2, 0.25) is 0 Å². The van der Waals surface area contributed by atoms with Crippen LogP contribution in [0, 0.1) is 0 Å². The molecule has 0 spiro atoms. The van der Waals surface area contributed by atoms with Crippen LogP contribution in [0.25, 0.3) is 5.57 Å². The largest absolute Gasteiger partial charge is 0.472 e. The average Bonchev–Trinajstić information content (AvgIpc) is 2.83. The summed E-state index contributed by atoms with van der Waals surface area (Å²) in [6, 6.07) is 7.36. The van der Waals surface area contributed by atoms with E-state index in [2.05, 4.69) is 16.0 Å². The number of rotatable bonds is 5. The van der Waals surface area contributed by atoms with Crippen molar-refractivity contribution in [3.63, 3.8) is 0 Å². The number of aryl methyl sites for hydroxylation is 1. The van der Waals surface area contributed by atoms with Gasteiger partial charge in [-0.15, -0.1) is 5.10 Å². The van der Waals surface area contributed by atoms with Crippen molar-refractivity contribution in [1.82, 2.24) is 9.78 Å². The first-order chi connectivity index (χ1) is 9.61. The number of nitrogens with zero attached hydrogens (tertiary/aromatic N) is 3. The van der Waals surface area contributed by atoms with Gasteiger partial charge in [-0.3, -0.25) is 4.68 Å². The summed E-state index contributed by atoms with van der Waals surface area (Å²) in [5.41, 5.74) is 3.30. The fourth-order valence-electron chi connectivity index (χ4n) is 1.87. The average molecular weight is 289 g/mol. The van der Waals surface area contributed by atoms with Crippen LogP contribution in [0.15, 0.2) is 41.4 Å². The third-order valence-corrected chi connectivity index (χ3v) is 3.07. The minimum atomic E-state index is 0.185. The molecular formula is C14H15N3O2S. The monoisotopic (exact) mass is 289 g/mol. The van der Waals surface area contributed by atoms with E-state index < -0.39 is 0 Å². The Labute approximate surface area is 121 Å². The topological polar surface area (TPSA) is 56.5 Å². The Hall–Kier alpha value is -2.21. The Morgan fingerprint density at radius 1 is 1.50 bits per heavy atom. The number of ether oxygens (including phenoxy) is 1. The van der Waals surface area contributed by atoms with Crippen LogP contribution in [0.1, 0.15) is 18.1 Å². The number of hydrogen-bond donors (Lipinski definition) is 0. The van der Waals surface area contributed by atoms with E-state index in [1.807, 2.05) is 26.1 Å². The smallest absolute Gasteiger partial charge is 0.233 e. The molecule has 5 nitrogen and oxygen atoms in total. The Kier molecular flexibility index (Phi) is 4.47. The molecule has 104 valence electrons. The van der Waals surface area contributed by atoms with E-state index in [0.29, 0.717) is 18.2 Å². The van der Waals surface area contributed by atoms with Crippen molar-refractivity contribution in [2.45, 2.75) is 13.5 Å². The van der Waals surface area contributed by atoms with E-state index >= 15 is 0 Å². The van der Waals surface area contributed by atoms with Crippen molar-refractivity contribution >= 4 is 22.7 Å². The highest BCUT2D eigenvalue weighted by molar-refractivity contribution is 7.54. The van der Waals surface area contributed by atoms with E-state index in [4.69, 9.17) is 4.74 Å². The highest BCUT2D eigenvalue weighted by Gasteiger charge is 2.10. The van der Waals surface area contributed by atoms with E-state index in [-0.39, 0.29) is 11.5 Å². The Morgan fingerprint density at radius 3 is 2.90 bits per heavy atom. The van der Waals surface area contributed by atoms with Crippen molar-refractivity contribution in [1.29, 1.82) is 0 Å². The molecule has 0 N–H and O–H groups in total. The molecule has 1 aromatic heterocycles. The molecule has 0 amide bonds. The minimum absolute atomic E-state index is 0.185. The van der Waals surface area contributed by atoms with Crippen molar-refractivity contribution in [2.75, 3.05) is 0 Å². The van der Waals surface area contributed by atoms with Gasteiger partial charge in [-0.05, 0) is 18.6 Å². The molecule has 0 unspecified atom stereocenters. The summed E-state index contributed by atoms with van der Waals surface area (Å²) in [6.07, 6.45) is 1.80. The molecule has 2 rings (SSSR count). The Balaban J connectivity index is 2.32. The maximum atomic E-state index is 10.7. The van der Waals surface area contributed by atoms with Crippen molar-refractivity contribution in [2.24, 2.45) is 11.4 Å².